The molecule has 0 radical (unpaired) electrons. The molecule has 1 heterocycles. The lowest BCUT2D eigenvalue weighted by molar-refractivity contribution is -0.727. The molecule has 0 aliphatic carbocycles. The Morgan fingerprint density at radius 1 is 0.432 bits per heavy atom. The van der Waals surface area contributed by atoms with Crippen molar-refractivity contribution in [2.45, 2.75) is 252 Å². The van der Waals surface area contributed by atoms with Gasteiger partial charge in [-0.3, -0.25) is 0 Å². The number of imidazole rings is 1. The third-order valence-corrected chi connectivity index (χ3v) is 10.4. The molecule has 2 heteroatoms. The second-order valence-electron chi connectivity index (χ2n) is 14.7. The molecule has 0 bridgehead atoms. The van der Waals surface area contributed by atoms with Crippen molar-refractivity contribution in [1.82, 2.24) is 4.98 Å². The fourth-order valence-electron chi connectivity index (χ4n) is 7.31. The summed E-state index contributed by atoms with van der Waals surface area (Å²) in [6.07, 6.45) is 51.6. The molecule has 260 valence electrons. The van der Waals surface area contributed by atoms with E-state index in [0.29, 0.717) is 12.0 Å². The second-order valence-corrected chi connectivity index (χ2v) is 14.7. The Balaban J connectivity index is 2.40. The number of nitrogens with zero attached hydrogens (tertiary/aromatic N) is 1. The zero-order valence-electron chi connectivity index (χ0n) is 31.1. The molecule has 1 rings (SSSR count). The Kier molecular flexibility index (Phi) is 30.1. The monoisotopic (exact) mass is 616 g/mol. The Morgan fingerprint density at radius 3 is 1.07 bits per heavy atom. The highest BCUT2D eigenvalue weighted by molar-refractivity contribution is 4.90. The molecule has 1 aromatic rings. The maximum atomic E-state index is 3.76. The van der Waals surface area contributed by atoms with Gasteiger partial charge in [0.2, 0.25) is 0 Å². The van der Waals surface area contributed by atoms with Gasteiger partial charge in [0.15, 0.2) is 0 Å². The lowest BCUT2D eigenvalue weighted by atomic mass is 9.92. The van der Waals surface area contributed by atoms with Gasteiger partial charge in [0.25, 0.3) is 5.82 Å². The van der Waals surface area contributed by atoms with E-state index in [0.717, 1.165) is 0 Å². The van der Waals surface area contributed by atoms with Gasteiger partial charge in [-0.15, -0.1) is 0 Å². The molecule has 0 saturated heterocycles. The first-order valence-corrected chi connectivity index (χ1v) is 20.8. The van der Waals surface area contributed by atoms with Gasteiger partial charge in [-0.2, -0.15) is 0 Å². The Labute approximate surface area is 278 Å². The van der Waals surface area contributed by atoms with Crippen LogP contribution >= 0.6 is 0 Å². The SMILES string of the molecule is CCCCCCCCCCCCCCCC(CCCCCCCCCC)c1[nH]cc[n+]1C(C)CCCCCCCCCCC. The number of nitrogens with one attached hydrogen (secondary N) is 1. The summed E-state index contributed by atoms with van der Waals surface area (Å²) in [4.78, 5) is 3.76. The minimum Gasteiger partial charge on any atom is -0.247 e. The average molecular weight is 616 g/mol. The van der Waals surface area contributed by atoms with E-state index in [1.807, 2.05) is 0 Å². The topological polar surface area (TPSA) is 19.7 Å². The minimum atomic E-state index is 0.619. The van der Waals surface area contributed by atoms with Crippen LogP contribution in [0.2, 0.25) is 0 Å². The average Bonchev–Trinajstić information content (AvgIpc) is 3.52. The molecular weight excluding hydrogens is 532 g/mol. The number of hydrogen-bond donors (Lipinski definition) is 1. The van der Waals surface area contributed by atoms with Crippen molar-refractivity contribution in [2.75, 3.05) is 0 Å². The molecule has 0 aromatic carbocycles. The molecule has 2 nitrogen and oxygen atoms in total. The van der Waals surface area contributed by atoms with Crippen LogP contribution in [0.25, 0.3) is 0 Å². The molecule has 0 fully saturated rings. The number of hydrogen-bond acceptors (Lipinski definition) is 0. The highest BCUT2D eigenvalue weighted by atomic mass is 15.1. The van der Waals surface area contributed by atoms with Crippen LogP contribution in [0.3, 0.4) is 0 Å². The summed E-state index contributed by atoms with van der Waals surface area (Å²) in [5.41, 5.74) is 0. The number of unbranched alkanes of at least 4 members (excludes halogenated alkanes) is 27. The van der Waals surface area contributed by atoms with Crippen molar-refractivity contribution >= 4 is 0 Å². The van der Waals surface area contributed by atoms with E-state index in [2.05, 4.69) is 49.6 Å². The van der Waals surface area contributed by atoms with E-state index in [1.54, 1.807) is 0 Å². The molecule has 1 N–H and O–H groups in total. The summed E-state index contributed by atoms with van der Waals surface area (Å²) >= 11 is 0. The largest absolute Gasteiger partial charge is 0.257 e. The highest BCUT2D eigenvalue weighted by Gasteiger charge is 2.25. The van der Waals surface area contributed by atoms with Crippen LogP contribution in [-0.4, -0.2) is 4.98 Å². The molecule has 1 aromatic heterocycles. The number of aromatic nitrogens is 2. The lowest BCUT2D eigenvalue weighted by Crippen LogP contribution is -2.41. The highest BCUT2D eigenvalue weighted by Crippen LogP contribution is 2.27. The normalized spacial score (nSPS) is 13.1. The van der Waals surface area contributed by atoms with Crippen molar-refractivity contribution in [1.29, 1.82) is 0 Å². The summed E-state index contributed by atoms with van der Waals surface area (Å²) in [6, 6.07) is 0.619. The quantitative estimate of drug-likeness (QED) is 0.0579. The Morgan fingerprint density at radius 2 is 0.727 bits per heavy atom. The van der Waals surface area contributed by atoms with Crippen LogP contribution in [0.15, 0.2) is 12.4 Å². The van der Waals surface area contributed by atoms with E-state index >= 15 is 0 Å². The van der Waals surface area contributed by atoms with Gasteiger partial charge in [0.1, 0.15) is 12.4 Å². The summed E-state index contributed by atoms with van der Waals surface area (Å²) in [6.45, 7) is 9.42. The number of H-pyrrole nitrogens is 1. The molecular formula is C42H83N2+. The zero-order chi connectivity index (χ0) is 31.8. The maximum absolute atomic E-state index is 3.76. The van der Waals surface area contributed by atoms with Crippen LogP contribution in [-0.2, 0) is 0 Å². The molecule has 44 heavy (non-hydrogen) atoms. The smallest absolute Gasteiger partial charge is 0.247 e. The van der Waals surface area contributed by atoms with Gasteiger partial charge in [-0.05, 0) is 32.6 Å². The van der Waals surface area contributed by atoms with Crippen molar-refractivity contribution in [3.05, 3.63) is 18.2 Å². The van der Waals surface area contributed by atoms with E-state index in [1.165, 1.54) is 218 Å². The van der Waals surface area contributed by atoms with Crippen molar-refractivity contribution < 1.29 is 4.57 Å². The van der Waals surface area contributed by atoms with Gasteiger partial charge in [0, 0.05) is 0 Å². The van der Waals surface area contributed by atoms with Gasteiger partial charge < -0.3 is 0 Å². The lowest BCUT2D eigenvalue weighted by Gasteiger charge is -2.17. The van der Waals surface area contributed by atoms with Crippen molar-refractivity contribution in [3.8, 4) is 0 Å². The van der Waals surface area contributed by atoms with Crippen LogP contribution in [0, 0.1) is 0 Å². The van der Waals surface area contributed by atoms with E-state index in [4.69, 9.17) is 0 Å². The number of aromatic amines is 1. The van der Waals surface area contributed by atoms with Crippen LogP contribution < -0.4 is 4.57 Å². The standard InChI is InChI=1S/C42H82N2/c1-5-8-11-14-17-20-21-22-23-25-28-31-34-37-41(36-33-30-27-19-16-13-10-7-3)42-43-38-39-44(42)40(4)35-32-29-26-24-18-15-12-9-6-2/h38-41H,5-37H2,1-4H3/p+1. The fraction of sp³-hybridized carbons (Fsp3) is 0.929. The van der Waals surface area contributed by atoms with Gasteiger partial charge >= 0.3 is 0 Å². The zero-order valence-corrected chi connectivity index (χ0v) is 31.1. The molecule has 2 atom stereocenters. The van der Waals surface area contributed by atoms with E-state index < -0.39 is 0 Å². The number of rotatable bonds is 35. The summed E-state index contributed by atoms with van der Waals surface area (Å²) in [5, 5.41) is 0. The maximum Gasteiger partial charge on any atom is 0.257 e. The van der Waals surface area contributed by atoms with Gasteiger partial charge in [-0.1, -0.05) is 207 Å². The molecule has 0 aliphatic rings. The van der Waals surface area contributed by atoms with Crippen LogP contribution in [0.5, 0.6) is 0 Å². The van der Waals surface area contributed by atoms with Gasteiger partial charge in [0.05, 0.1) is 12.0 Å². The van der Waals surface area contributed by atoms with E-state index in [9.17, 15) is 0 Å². The third-order valence-electron chi connectivity index (χ3n) is 10.4. The Hall–Kier alpha value is -0.790. The second kappa shape index (κ2) is 32.2. The Bertz CT molecular complexity index is 679. The molecule has 0 amide bonds. The first kappa shape index (κ1) is 41.2. The molecule has 0 spiro atoms. The molecule has 0 saturated carbocycles. The van der Waals surface area contributed by atoms with Crippen molar-refractivity contribution in [2.24, 2.45) is 0 Å². The first-order valence-electron chi connectivity index (χ1n) is 20.8. The predicted octanol–water partition coefficient (Wildman–Crippen LogP) is 14.9. The summed E-state index contributed by atoms with van der Waals surface area (Å²) in [7, 11) is 0. The summed E-state index contributed by atoms with van der Waals surface area (Å²) in [5.74, 6) is 2.25. The summed E-state index contributed by atoms with van der Waals surface area (Å²) < 4.78 is 2.64. The first-order chi connectivity index (χ1) is 21.7. The van der Waals surface area contributed by atoms with Gasteiger partial charge in [-0.25, -0.2) is 9.55 Å². The fourth-order valence-corrected chi connectivity index (χ4v) is 7.31. The van der Waals surface area contributed by atoms with Crippen molar-refractivity contribution in [3.63, 3.8) is 0 Å². The van der Waals surface area contributed by atoms with Crippen LogP contribution in [0.1, 0.15) is 257 Å². The molecule has 0 aliphatic heterocycles. The third kappa shape index (κ3) is 23.5. The van der Waals surface area contributed by atoms with E-state index in [-0.39, 0.29) is 0 Å². The minimum absolute atomic E-state index is 0.619. The predicted molar refractivity (Wildman–Crippen MR) is 198 cm³/mol. The molecule has 2 unspecified atom stereocenters. The van der Waals surface area contributed by atoms with Crippen LogP contribution in [0.4, 0.5) is 0 Å².